The van der Waals surface area contributed by atoms with Gasteiger partial charge in [0.25, 0.3) is 0 Å². The third-order valence-electron chi connectivity index (χ3n) is 1.31. The number of ether oxygens (including phenoxy) is 1. The van der Waals surface area contributed by atoms with Crippen molar-refractivity contribution in [3.8, 4) is 5.75 Å². The number of hydrogen-bond donors (Lipinski definition) is 2. The molecule has 0 aromatic heterocycles. The van der Waals surface area contributed by atoms with Gasteiger partial charge in [0.2, 0.25) is 0 Å². The van der Waals surface area contributed by atoms with Gasteiger partial charge >= 0.3 is 0 Å². The first-order chi connectivity index (χ1) is 5.72. The van der Waals surface area contributed by atoms with E-state index < -0.39 is 11.2 Å². The molecule has 0 saturated carbocycles. The van der Waals surface area contributed by atoms with E-state index in [4.69, 9.17) is 9.88 Å². The third-order valence-corrected chi connectivity index (χ3v) is 1.75. The molecule has 1 aromatic rings. The van der Waals surface area contributed by atoms with Crippen LogP contribution in [0.25, 0.3) is 0 Å². The second-order valence-electron chi connectivity index (χ2n) is 2.13. The molecule has 0 spiro atoms. The van der Waals surface area contributed by atoms with Crippen LogP contribution >= 0.6 is 0 Å². The predicted octanol–water partition coefficient (Wildman–Crippen LogP) is 0.644. The Labute approximate surface area is 73.4 Å². The van der Waals surface area contributed by atoms with Gasteiger partial charge < -0.3 is 4.74 Å². The van der Waals surface area contributed by atoms with Crippen molar-refractivity contribution in [2.24, 2.45) is 5.14 Å². The summed E-state index contributed by atoms with van der Waals surface area (Å²) in [6, 6.07) is 7.00. The van der Waals surface area contributed by atoms with Gasteiger partial charge in [-0.1, -0.05) is 0 Å². The average Bonchev–Trinajstić information content (AvgIpc) is 2.05. The van der Waals surface area contributed by atoms with E-state index in [1.807, 2.05) is 0 Å². The fourth-order valence-electron chi connectivity index (χ4n) is 0.775. The zero-order valence-corrected chi connectivity index (χ0v) is 7.43. The molecule has 0 saturated heterocycles. The molecule has 1 atom stereocenters. The van der Waals surface area contributed by atoms with E-state index in [-0.39, 0.29) is 0 Å². The molecule has 0 heterocycles. The monoisotopic (exact) mass is 186 g/mol. The molecule has 1 unspecified atom stereocenters. The smallest absolute Gasteiger partial charge is 0.190 e. The molecule has 0 aliphatic heterocycles. The highest BCUT2D eigenvalue weighted by atomic mass is 32.2. The summed E-state index contributed by atoms with van der Waals surface area (Å²) in [6.45, 7) is 0. The first-order valence-electron chi connectivity index (χ1n) is 3.29. The molecule has 3 N–H and O–H groups in total. The molecule has 0 aliphatic rings. The molecular formula is C7H10N2O2S. The Kier molecular flexibility index (Phi) is 3.07. The van der Waals surface area contributed by atoms with Gasteiger partial charge in [-0.05, 0) is 24.3 Å². The lowest BCUT2D eigenvalue weighted by atomic mass is 10.3. The average molecular weight is 186 g/mol. The van der Waals surface area contributed by atoms with E-state index in [1.54, 1.807) is 31.4 Å². The van der Waals surface area contributed by atoms with Crippen molar-refractivity contribution in [2.75, 3.05) is 11.8 Å². The topological polar surface area (TPSA) is 64.3 Å². The van der Waals surface area contributed by atoms with Gasteiger partial charge in [0.1, 0.15) is 5.75 Å². The van der Waals surface area contributed by atoms with Crippen LogP contribution in [0.5, 0.6) is 5.75 Å². The summed E-state index contributed by atoms with van der Waals surface area (Å²) in [4.78, 5) is 0. The number of nitrogens with two attached hydrogens (primary N) is 1. The fourth-order valence-corrected chi connectivity index (χ4v) is 1.14. The third kappa shape index (κ3) is 2.52. The highest BCUT2D eigenvalue weighted by Crippen LogP contribution is 2.14. The van der Waals surface area contributed by atoms with Crippen molar-refractivity contribution < 1.29 is 8.95 Å². The second-order valence-corrected chi connectivity index (χ2v) is 2.93. The summed E-state index contributed by atoms with van der Waals surface area (Å²) < 4.78 is 18.0. The Balaban J connectivity index is 2.71. The van der Waals surface area contributed by atoms with Crippen molar-refractivity contribution in [1.82, 2.24) is 0 Å². The molecule has 1 aromatic carbocycles. The van der Waals surface area contributed by atoms with E-state index in [0.717, 1.165) is 5.75 Å². The highest BCUT2D eigenvalue weighted by Gasteiger charge is 1.94. The molecule has 4 nitrogen and oxygen atoms in total. The second kappa shape index (κ2) is 4.08. The maximum absolute atomic E-state index is 10.5. The van der Waals surface area contributed by atoms with Gasteiger partial charge in [0.15, 0.2) is 11.2 Å². The maximum Gasteiger partial charge on any atom is 0.190 e. The standard InChI is InChI=1S/C7H10N2O2S/c1-11-7-4-2-6(3-5-7)9-12(8)10/h2-5,9H,8H2,1H3. The Morgan fingerprint density at radius 3 is 2.42 bits per heavy atom. The minimum absolute atomic E-state index is 0.705. The molecule has 0 amide bonds. The lowest BCUT2D eigenvalue weighted by molar-refractivity contribution is 0.415. The lowest BCUT2D eigenvalue weighted by Gasteiger charge is -2.02. The highest BCUT2D eigenvalue weighted by molar-refractivity contribution is 7.84. The van der Waals surface area contributed by atoms with Crippen LogP contribution in [-0.2, 0) is 11.2 Å². The van der Waals surface area contributed by atoms with Crippen molar-refractivity contribution in [3.63, 3.8) is 0 Å². The van der Waals surface area contributed by atoms with Gasteiger partial charge in [0, 0.05) is 5.69 Å². The normalized spacial score (nSPS) is 12.2. The Bertz CT molecular complexity index is 273. The molecule has 0 aliphatic carbocycles. The number of methoxy groups -OCH3 is 1. The van der Waals surface area contributed by atoms with Gasteiger partial charge in [-0.3, -0.25) is 4.72 Å². The Hall–Kier alpha value is -1.07. The SMILES string of the molecule is COc1ccc(NS(N)=O)cc1. The summed E-state index contributed by atoms with van der Waals surface area (Å²) in [5.41, 5.74) is 0.705. The van der Waals surface area contributed by atoms with Crippen LogP contribution in [-0.4, -0.2) is 11.3 Å². The van der Waals surface area contributed by atoms with Crippen LogP contribution in [0.1, 0.15) is 0 Å². The first kappa shape index (κ1) is 9.02. The van der Waals surface area contributed by atoms with Crippen LogP contribution in [0.4, 0.5) is 5.69 Å². The van der Waals surface area contributed by atoms with Crippen LogP contribution in [0.2, 0.25) is 0 Å². The Morgan fingerprint density at radius 2 is 2.00 bits per heavy atom. The number of nitrogens with one attached hydrogen (secondary N) is 1. The zero-order chi connectivity index (χ0) is 8.97. The van der Waals surface area contributed by atoms with Crippen molar-refractivity contribution in [2.45, 2.75) is 0 Å². The molecule has 12 heavy (non-hydrogen) atoms. The molecule has 5 heteroatoms. The lowest BCUT2D eigenvalue weighted by Crippen LogP contribution is -2.12. The van der Waals surface area contributed by atoms with E-state index >= 15 is 0 Å². The van der Waals surface area contributed by atoms with Gasteiger partial charge in [0.05, 0.1) is 7.11 Å². The van der Waals surface area contributed by atoms with E-state index in [1.165, 1.54) is 0 Å². The summed E-state index contributed by atoms with van der Waals surface area (Å²) in [5.74, 6) is 0.753. The van der Waals surface area contributed by atoms with Crippen molar-refractivity contribution >= 4 is 16.9 Å². The fraction of sp³-hybridized carbons (Fsp3) is 0.143. The molecule has 66 valence electrons. The van der Waals surface area contributed by atoms with E-state index in [2.05, 4.69) is 4.72 Å². The largest absolute Gasteiger partial charge is 0.497 e. The van der Waals surface area contributed by atoms with Crippen LogP contribution in [0.3, 0.4) is 0 Å². The summed E-state index contributed by atoms with van der Waals surface area (Å²) in [5, 5.41) is 5.02. The molecule has 0 radical (unpaired) electrons. The van der Waals surface area contributed by atoms with Crippen LogP contribution in [0.15, 0.2) is 24.3 Å². The van der Waals surface area contributed by atoms with Crippen LogP contribution < -0.4 is 14.6 Å². The summed E-state index contributed by atoms with van der Waals surface area (Å²) in [6.07, 6.45) is 0. The quantitative estimate of drug-likeness (QED) is 0.727. The maximum atomic E-state index is 10.5. The minimum Gasteiger partial charge on any atom is -0.497 e. The van der Waals surface area contributed by atoms with E-state index in [0.29, 0.717) is 5.69 Å². The summed E-state index contributed by atoms with van der Waals surface area (Å²) >= 11 is -1.52. The van der Waals surface area contributed by atoms with Gasteiger partial charge in [-0.15, -0.1) is 0 Å². The Morgan fingerprint density at radius 1 is 1.42 bits per heavy atom. The van der Waals surface area contributed by atoms with Crippen molar-refractivity contribution in [3.05, 3.63) is 24.3 Å². The first-order valence-corrected chi connectivity index (χ1v) is 4.50. The van der Waals surface area contributed by atoms with E-state index in [9.17, 15) is 4.21 Å². The number of anilines is 1. The number of rotatable bonds is 3. The minimum atomic E-state index is -1.52. The molecular weight excluding hydrogens is 176 g/mol. The number of hydrogen-bond acceptors (Lipinski definition) is 2. The zero-order valence-electron chi connectivity index (χ0n) is 6.61. The number of benzene rings is 1. The summed E-state index contributed by atoms with van der Waals surface area (Å²) in [7, 11) is 1.59. The van der Waals surface area contributed by atoms with Crippen LogP contribution in [0, 0.1) is 0 Å². The molecule has 1 rings (SSSR count). The van der Waals surface area contributed by atoms with Gasteiger partial charge in [-0.2, -0.15) is 0 Å². The predicted molar refractivity (Wildman–Crippen MR) is 48.9 cm³/mol. The molecule has 0 fully saturated rings. The van der Waals surface area contributed by atoms with Gasteiger partial charge in [-0.25, -0.2) is 9.35 Å². The van der Waals surface area contributed by atoms with Crippen molar-refractivity contribution in [1.29, 1.82) is 0 Å². The molecule has 0 bridgehead atoms.